The Balaban J connectivity index is 3.14. The molecule has 0 aromatic rings. The Labute approximate surface area is 56.4 Å². The molecular weight excluding hydrogens is 147 g/mol. The minimum atomic E-state index is -0.415. The molecule has 7 heavy (non-hydrogen) atoms. The molecule has 0 saturated heterocycles. The van der Waals surface area contributed by atoms with Crippen LogP contribution in [0.3, 0.4) is 0 Å². The van der Waals surface area contributed by atoms with Gasteiger partial charge in [0.2, 0.25) is 0 Å². The van der Waals surface area contributed by atoms with E-state index in [4.69, 9.17) is 23.2 Å². The normalized spacial score (nSPS) is 11.1. The summed E-state index contributed by atoms with van der Waals surface area (Å²) < 4.78 is -0.0880. The lowest BCUT2D eigenvalue weighted by Gasteiger charge is -2.03. The van der Waals surface area contributed by atoms with Crippen molar-refractivity contribution < 1.29 is 0 Å². The Morgan fingerprint density at radius 3 is 2.00 bits per heavy atom. The van der Waals surface area contributed by atoms with Gasteiger partial charge in [-0.05, 0) is 0 Å². The molecule has 0 spiro atoms. The molecule has 0 aromatic heterocycles. The molecule has 3 heteroatoms. The number of hydrogen-bond acceptors (Lipinski definition) is 0. The fourth-order valence-electron chi connectivity index (χ4n) is 0.154. The quantitative estimate of drug-likeness (QED) is 0.425. The Hall–Kier alpha value is 0.797. The molecule has 0 saturated carbocycles. The molecule has 0 aliphatic heterocycles. The van der Waals surface area contributed by atoms with Crippen LogP contribution in [0.15, 0.2) is 0 Å². The van der Waals surface area contributed by atoms with E-state index in [1.807, 2.05) is 0 Å². The van der Waals surface area contributed by atoms with Gasteiger partial charge < -0.3 is 0 Å². The topological polar surface area (TPSA) is 0 Å². The minimum Gasteiger partial charge on any atom is -0.110 e. The molecule has 0 aliphatic carbocycles. The van der Waals surface area contributed by atoms with Crippen molar-refractivity contribution >= 4 is 32.0 Å². The van der Waals surface area contributed by atoms with Crippen molar-refractivity contribution in [3.8, 4) is 0 Å². The van der Waals surface area contributed by atoms with Gasteiger partial charge in [0.25, 0.3) is 0 Å². The average Bonchev–Trinajstić information content (AvgIpc) is 1.65. The average molecular weight is 156 g/mol. The first-order chi connectivity index (χ1) is 3.18. The fraction of sp³-hybridized carbons (Fsp3) is 1.00. The summed E-state index contributed by atoms with van der Waals surface area (Å²) in [4.78, 5) is 0. The largest absolute Gasteiger partial charge is 0.110 e. The van der Waals surface area contributed by atoms with Crippen LogP contribution in [0.4, 0.5) is 0 Å². The lowest BCUT2D eigenvalue weighted by Crippen LogP contribution is -2.14. The SMILES string of the molecule is CC[Si](C)C(Cl)Cl. The second-order valence-corrected chi connectivity index (χ2v) is 6.31. The van der Waals surface area contributed by atoms with Crippen molar-refractivity contribution in [2.45, 2.75) is 24.0 Å². The molecule has 0 bridgehead atoms. The van der Waals surface area contributed by atoms with Gasteiger partial charge in [0.05, 0.1) is 13.3 Å². The van der Waals surface area contributed by atoms with Crippen LogP contribution in [0.5, 0.6) is 0 Å². The Kier molecular flexibility index (Phi) is 4.18. The highest BCUT2D eigenvalue weighted by molar-refractivity contribution is 6.79. The van der Waals surface area contributed by atoms with E-state index in [0.29, 0.717) is 0 Å². The highest BCUT2D eigenvalue weighted by Gasteiger charge is 2.08. The number of rotatable bonds is 2. The first-order valence-electron chi connectivity index (χ1n) is 2.29. The maximum atomic E-state index is 5.54. The molecule has 0 rings (SSSR count). The summed E-state index contributed by atoms with van der Waals surface area (Å²) in [5, 5.41) is 0. The third-order valence-corrected chi connectivity index (χ3v) is 5.03. The van der Waals surface area contributed by atoms with Crippen LogP contribution in [0.25, 0.3) is 0 Å². The van der Waals surface area contributed by atoms with Gasteiger partial charge >= 0.3 is 0 Å². The van der Waals surface area contributed by atoms with E-state index >= 15 is 0 Å². The van der Waals surface area contributed by atoms with Gasteiger partial charge in [-0.25, -0.2) is 0 Å². The predicted octanol–water partition coefficient (Wildman–Crippen LogP) is 2.47. The molecule has 0 aliphatic rings. The summed E-state index contributed by atoms with van der Waals surface area (Å²) in [6, 6.07) is 1.16. The van der Waals surface area contributed by atoms with Crippen molar-refractivity contribution in [3.05, 3.63) is 0 Å². The van der Waals surface area contributed by atoms with Crippen LogP contribution < -0.4 is 0 Å². The second-order valence-electron chi connectivity index (χ2n) is 1.50. The van der Waals surface area contributed by atoms with E-state index < -0.39 is 8.80 Å². The number of hydrogen-bond donors (Lipinski definition) is 0. The van der Waals surface area contributed by atoms with Crippen molar-refractivity contribution in [1.29, 1.82) is 0 Å². The van der Waals surface area contributed by atoms with Gasteiger partial charge in [0, 0.05) is 0 Å². The maximum Gasteiger partial charge on any atom is 0.0952 e. The second kappa shape index (κ2) is 3.76. The van der Waals surface area contributed by atoms with E-state index in [-0.39, 0.29) is 4.46 Å². The maximum absolute atomic E-state index is 5.54. The van der Waals surface area contributed by atoms with Crippen LogP contribution in [0, 0.1) is 0 Å². The third-order valence-electron chi connectivity index (χ3n) is 0.930. The molecular formula is C4H9Cl2Si. The Morgan fingerprint density at radius 2 is 2.00 bits per heavy atom. The number of alkyl halides is 2. The molecule has 43 valence electrons. The van der Waals surface area contributed by atoms with Crippen LogP contribution in [-0.4, -0.2) is 13.3 Å². The lowest BCUT2D eigenvalue weighted by molar-refractivity contribution is 1.39. The fourth-order valence-corrected chi connectivity index (χ4v) is 1.39. The van der Waals surface area contributed by atoms with Crippen LogP contribution in [0.1, 0.15) is 6.92 Å². The van der Waals surface area contributed by atoms with E-state index in [9.17, 15) is 0 Å². The molecule has 0 aromatic carbocycles. The smallest absolute Gasteiger partial charge is 0.0952 e. The van der Waals surface area contributed by atoms with E-state index in [0.717, 1.165) is 6.04 Å². The third kappa shape index (κ3) is 3.39. The van der Waals surface area contributed by atoms with Crippen molar-refractivity contribution in [2.75, 3.05) is 0 Å². The zero-order valence-corrected chi connectivity index (χ0v) is 7.05. The molecule has 0 heterocycles. The molecule has 1 radical (unpaired) electrons. The minimum absolute atomic E-state index is 0.0880. The number of halogens is 2. The predicted molar refractivity (Wildman–Crippen MR) is 37.6 cm³/mol. The summed E-state index contributed by atoms with van der Waals surface area (Å²) in [5.74, 6) is 0. The van der Waals surface area contributed by atoms with Crippen molar-refractivity contribution in [3.63, 3.8) is 0 Å². The van der Waals surface area contributed by atoms with Gasteiger partial charge in [-0.2, -0.15) is 0 Å². The standard InChI is InChI=1S/C4H9Cl2Si/c1-3-7(2)4(5)6/h4H,3H2,1-2H3. The zero-order valence-electron chi connectivity index (χ0n) is 4.54. The van der Waals surface area contributed by atoms with Crippen LogP contribution in [-0.2, 0) is 0 Å². The highest BCUT2D eigenvalue weighted by atomic mass is 35.5. The Bertz CT molecular complexity index is 47.0. The van der Waals surface area contributed by atoms with Crippen LogP contribution in [0.2, 0.25) is 12.6 Å². The van der Waals surface area contributed by atoms with Crippen molar-refractivity contribution in [1.82, 2.24) is 0 Å². The summed E-state index contributed by atoms with van der Waals surface area (Å²) in [6.07, 6.45) is 0. The summed E-state index contributed by atoms with van der Waals surface area (Å²) in [5.41, 5.74) is 0. The molecule has 0 nitrogen and oxygen atoms in total. The zero-order chi connectivity index (χ0) is 5.86. The molecule has 0 atom stereocenters. The van der Waals surface area contributed by atoms with Gasteiger partial charge in [0.1, 0.15) is 0 Å². The first kappa shape index (κ1) is 7.80. The van der Waals surface area contributed by atoms with Gasteiger partial charge in [-0.3, -0.25) is 0 Å². The first-order valence-corrected chi connectivity index (χ1v) is 5.44. The van der Waals surface area contributed by atoms with Crippen LogP contribution >= 0.6 is 23.2 Å². The molecule has 0 N–H and O–H groups in total. The molecule has 0 fully saturated rings. The summed E-state index contributed by atoms with van der Waals surface area (Å²) in [6.45, 7) is 4.25. The summed E-state index contributed by atoms with van der Waals surface area (Å²) >= 11 is 11.1. The molecule has 0 amide bonds. The Morgan fingerprint density at radius 1 is 1.57 bits per heavy atom. The molecule has 0 unspecified atom stereocenters. The summed E-state index contributed by atoms with van der Waals surface area (Å²) in [7, 11) is -0.415. The van der Waals surface area contributed by atoms with Gasteiger partial charge in [-0.15, -0.1) is 23.2 Å². The lowest BCUT2D eigenvalue weighted by atomic mass is 11.0. The monoisotopic (exact) mass is 155 g/mol. The van der Waals surface area contributed by atoms with E-state index in [2.05, 4.69) is 13.5 Å². The van der Waals surface area contributed by atoms with E-state index in [1.54, 1.807) is 0 Å². The van der Waals surface area contributed by atoms with E-state index in [1.165, 1.54) is 0 Å². The van der Waals surface area contributed by atoms with Gasteiger partial charge in [0.15, 0.2) is 0 Å². The van der Waals surface area contributed by atoms with Crippen molar-refractivity contribution in [2.24, 2.45) is 0 Å². The van der Waals surface area contributed by atoms with Gasteiger partial charge in [-0.1, -0.05) is 19.5 Å². The highest BCUT2D eigenvalue weighted by Crippen LogP contribution is 2.08.